The number of nitrogens with one attached hydrogen (secondary N) is 1. The van der Waals surface area contributed by atoms with Gasteiger partial charge in [0.1, 0.15) is 5.75 Å². The molecular formula is C18H19BrN2O4. The molecule has 0 atom stereocenters. The predicted octanol–water partition coefficient (Wildman–Crippen LogP) is 3.63. The molecule has 2 rings (SSSR count). The van der Waals surface area contributed by atoms with E-state index in [1.807, 2.05) is 0 Å². The van der Waals surface area contributed by atoms with E-state index < -0.39 is 0 Å². The molecular weight excluding hydrogens is 388 g/mol. The molecule has 0 spiro atoms. The highest BCUT2D eigenvalue weighted by Crippen LogP contribution is 2.33. The summed E-state index contributed by atoms with van der Waals surface area (Å²) in [5.74, 6) is 1.56. The fourth-order valence-electron chi connectivity index (χ4n) is 2.13. The zero-order chi connectivity index (χ0) is 18.4. The zero-order valence-electron chi connectivity index (χ0n) is 14.4. The van der Waals surface area contributed by atoms with Gasteiger partial charge in [-0.05, 0) is 59.3 Å². The summed E-state index contributed by atoms with van der Waals surface area (Å²) in [5.41, 5.74) is 4.44. The molecule has 0 saturated carbocycles. The second-order valence-electron chi connectivity index (χ2n) is 5.05. The van der Waals surface area contributed by atoms with Crippen molar-refractivity contribution in [1.82, 2.24) is 5.43 Å². The summed E-state index contributed by atoms with van der Waals surface area (Å²) in [7, 11) is 4.71. The molecule has 0 aliphatic carbocycles. The quantitative estimate of drug-likeness (QED) is 0.587. The average Bonchev–Trinajstić information content (AvgIpc) is 2.65. The van der Waals surface area contributed by atoms with Crippen molar-refractivity contribution in [3.8, 4) is 17.2 Å². The van der Waals surface area contributed by atoms with Crippen LogP contribution in [0, 0.1) is 0 Å². The second kappa shape index (κ2) is 8.53. The summed E-state index contributed by atoms with van der Waals surface area (Å²) < 4.78 is 16.4. The lowest BCUT2D eigenvalue weighted by molar-refractivity contribution is 0.0955. The van der Waals surface area contributed by atoms with Crippen molar-refractivity contribution in [1.29, 1.82) is 0 Å². The van der Waals surface area contributed by atoms with Gasteiger partial charge in [-0.25, -0.2) is 5.43 Å². The Bertz CT molecular complexity index is 788. The van der Waals surface area contributed by atoms with Gasteiger partial charge in [0.05, 0.1) is 27.0 Å². The van der Waals surface area contributed by atoms with Crippen LogP contribution in [-0.4, -0.2) is 32.9 Å². The van der Waals surface area contributed by atoms with Crippen molar-refractivity contribution in [2.45, 2.75) is 6.92 Å². The van der Waals surface area contributed by atoms with E-state index in [1.165, 1.54) is 0 Å². The van der Waals surface area contributed by atoms with Crippen LogP contribution in [0.15, 0.2) is 46.0 Å². The van der Waals surface area contributed by atoms with Crippen LogP contribution >= 0.6 is 15.9 Å². The van der Waals surface area contributed by atoms with E-state index in [0.29, 0.717) is 28.5 Å². The van der Waals surface area contributed by atoms with Crippen LogP contribution in [-0.2, 0) is 0 Å². The number of ether oxygens (including phenoxy) is 3. The molecule has 25 heavy (non-hydrogen) atoms. The molecule has 1 N–H and O–H groups in total. The molecule has 0 fully saturated rings. The molecule has 1 amide bonds. The molecule has 0 radical (unpaired) electrons. The van der Waals surface area contributed by atoms with Crippen molar-refractivity contribution in [3.63, 3.8) is 0 Å². The Morgan fingerprint density at radius 3 is 2.16 bits per heavy atom. The third-order valence-corrected chi connectivity index (χ3v) is 4.20. The Morgan fingerprint density at radius 2 is 1.60 bits per heavy atom. The maximum absolute atomic E-state index is 12.2. The predicted molar refractivity (Wildman–Crippen MR) is 99.9 cm³/mol. The first kappa shape index (κ1) is 18.8. The van der Waals surface area contributed by atoms with Gasteiger partial charge in [0, 0.05) is 15.6 Å². The minimum atomic E-state index is -0.307. The van der Waals surface area contributed by atoms with E-state index >= 15 is 0 Å². The number of carbonyl (C=O) groups excluding carboxylic acids is 1. The van der Waals surface area contributed by atoms with Crippen molar-refractivity contribution in [3.05, 3.63) is 52.0 Å². The third kappa shape index (κ3) is 4.51. The number of amides is 1. The number of carbonyl (C=O) groups is 1. The minimum absolute atomic E-state index is 0.307. The van der Waals surface area contributed by atoms with Gasteiger partial charge in [-0.1, -0.05) is 0 Å². The molecule has 0 heterocycles. The van der Waals surface area contributed by atoms with E-state index in [9.17, 15) is 4.79 Å². The highest BCUT2D eigenvalue weighted by Gasteiger charge is 2.12. The van der Waals surface area contributed by atoms with Crippen molar-refractivity contribution < 1.29 is 19.0 Å². The number of methoxy groups -OCH3 is 3. The first-order valence-corrected chi connectivity index (χ1v) is 8.20. The second-order valence-corrected chi connectivity index (χ2v) is 5.91. The molecule has 0 unspecified atom stereocenters. The molecule has 6 nitrogen and oxygen atoms in total. The van der Waals surface area contributed by atoms with Gasteiger partial charge < -0.3 is 14.2 Å². The lowest BCUT2D eigenvalue weighted by atomic mass is 10.1. The SMILES string of the molecule is COc1ccc(C(=O)N/N=C(\C)c2cc(OC)c(OC)cc2Br)cc1. The third-order valence-electron chi connectivity index (χ3n) is 3.54. The highest BCUT2D eigenvalue weighted by molar-refractivity contribution is 9.10. The summed E-state index contributed by atoms with van der Waals surface area (Å²) in [6.45, 7) is 1.79. The number of hydrazone groups is 1. The van der Waals surface area contributed by atoms with Gasteiger partial charge in [0.15, 0.2) is 11.5 Å². The Labute approximate surface area is 154 Å². The average molecular weight is 407 g/mol. The number of rotatable bonds is 6. The van der Waals surface area contributed by atoms with Gasteiger partial charge in [-0.3, -0.25) is 4.79 Å². The van der Waals surface area contributed by atoms with Crippen LogP contribution < -0.4 is 19.6 Å². The van der Waals surface area contributed by atoms with Crippen LogP contribution in [0.1, 0.15) is 22.8 Å². The maximum Gasteiger partial charge on any atom is 0.271 e. The Kier molecular flexibility index (Phi) is 6.41. The van der Waals surface area contributed by atoms with Crippen molar-refractivity contribution >= 4 is 27.5 Å². The monoisotopic (exact) mass is 406 g/mol. The summed E-state index contributed by atoms with van der Waals surface area (Å²) in [4.78, 5) is 12.2. The topological polar surface area (TPSA) is 69.2 Å². The smallest absolute Gasteiger partial charge is 0.271 e. The number of nitrogens with zero attached hydrogens (tertiary/aromatic N) is 1. The molecule has 7 heteroatoms. The van der Waals surface area contributed by atoms with Crippen molar-refractivity contribution in [2.75, 3.05) is 21.3 Å². The Hall–Kier alpha value is -2.54. The fraction of sp³-hybridized carbons (Fsp3) is 0.222. The van der Waals surface area contributed by atoms with E-state index in [0.717, 1.165) is 10.0 Å². The standard InChI is InChI=1S/C18H19BrN2O4/c1-11(14-9-16(24-3)17(25-4)10-15(14)19)20-21-18(22)12-5-7-13(23-2)8-6-12/h5-10H,1-4H3,(H,21,22)/b20-11+. The van der Waals surface area contributed by atoms with Crippen LogP contribution in [0.25, 0.3) is 0 Å². The van der Waals surface area contributed by atoms with Crippen LogP contribution in [0.2, 0.25) is 0 Å². The Morgan fingerprint density at radius 1 is 1.00 bits per heavy atom. The van der Waals surface area contributed by atoms with E-state index in [2.05, 4.69) is 26.5 Å². The van der Waals surface area contributed by atoms with E-state index in [1.54, 1.807) is 64.7 Å². The van der Waals surface area contributed by atoms with Crippen LogP contribution in [0.5, 0.6) is 17.2 Å². The minimum Gasteiger partial charge on any atom is -0.497 e. The van der Waals surface area contributed by atoms with Crippen molar-refractivity contribution in [2.24, 2.45) is 5.10 Å². The van der Waals surface area contributed by atoms with E-state index in [-0.39, 0.29) is 5.91 Å². The molecule has 0 aromatic heterocycles. The molecule has 0 aliphatic rings. The zero-order valence-corrected chi connectivity index (χ0v) is 16.0. The van der Waals surface area contributed by atoms with Crippen LogP contribution in [0.3, 0.4) is 0 Å². The number of hydrogen-bond donors (Lipinski definition) is 1. The van der Waals surface area contributed by atoms with Gasteiger partial charge in [-0.2, -0.15) is 5.10 Å². The first-order chi connectivity index (χ1) is 12.0. The summed E-state index contributed by atoms with van der Waals surface area (Å²) >= 11 is 3.48. The Balaban J connectivity index is 2.19. The summed E-state index contributed by atoms with van der Waals surface area (Å²) in [6.07, 6.45) is 0. The normalized spacial score (nSPS) is 11.0. The molecule has 0 aliphatic heterocycles. The number of halogens is 1. The largest absolute Gasteiger partial charge is 0.497 e. The van der Waals surface area contributed by atoms with Gasteiger partial charge in [-0.15, -0.1) is 0 Å². The first-order valence-electron chi connectivity index (χ1n) is 7.40. The molecule has 0 saturated heterocycles. The molecule has 0 bridgehead atoms. The summed E-state index contributed by atoms with van der Waals surface area (Å²) in [5, 5.41) is 4.16. The lowest BCUT2D eigenvalue weighted by Crippen LogP contribution is -2.19. The maximum atomic E-state index is 12.2. The molecule has 2 aromatic rings. The van der Waals surface area contributed by atoms with Gasteiger partial charge >= 0.3 is 0 Å². The molecule has 2 aromatic carbocycles. The highest BCUT2D eigenvalue weighted by atomic mass is 79.9. The van der Waals surface area contributed by atoms with Gasteiger partial charge in [0.25, 0.3) is 5.91 Å². The molecule has 132 valence electrons. The van der Waals surface area contributed by atoms with Crippen LogP contribution in [0.4, 0.5) is 0 Å². The number of hydrogen-bond acceptors (Lipinski definition) is 5. The summed E-state index contributed by atoms with van der Waals surface area (Å²) in [6, 6.07) is 10.4. The lowest BCUT2D eigenvalue weighted by Gasteiger charge is -2.12. The van der Waals surface area contributed by atoms with E-state index in [4.69, 9.17) is 14.2 Å². The fourth-order valence-corrected chi connectivity index (χ4v) is 2.74. The number of benzene rings is 2. The van der Waals surface area contributed by atoms with Gasteiger partial charge in [0.2, 0.25) is 0 Å².